The van der Waals surface area contributed by atoms with Crippen LogP contribution in [0.5, 0.6) is 0 Å². The Balaban J connectivity index is 2.53. The highest BCUT2D eigenvalue weighted by atomic mass is 32.2. The fourth-order valence-corrected chi connectivity index (χ4v) is 1.35. The number of rotatable bonds is 3. The Morgan fingerprint density at radius 1 is 1.67 bits per heavy atom. The van der Waals surface area contributed by atoms with Crippen LogP contribution in [0.2, 0.25) is 0 Å². The van der Waals surface area contributed by atoms with Crippen molar-refractivity contribution in [2.75, 3.05) is 12.8 Å². The SMILES string of the molecule is [2H]C1C([2H])C([2H])C(CSNC)C1[2H]. The van der Waals surface area contributed by atoms with Crippen LogP contribution in [-0.2, 0) is 0 Å². The van der Waals surface area contributed by atoms with Crippen molar-refractivity contribution >= 4 is 11.9 Å². The third-order valence-electron chi connectivity index (χ3n) is 1.25. The standard InChI is InChI=1S/C7H15NS/c1-8-9-6-7-4-2-3-5-7/h7-8H,2-6H2,1H3/i2D,3D,4D,5D. The Labute approximate surface area is 67.4 Å². The van der Waals surface area contributed by atoms with E-state index in [1.807, 2.05) is 0 Å². The quantitative estimate of drug-likeness (QED) is 0.616. The Morgan fingerprint density at radius 3 is 2.89 bits per heavy atom. The van der Waals surface area contributed by atoms with Gasteiger partial charge in [0.15, 0.2) is 0 Å². The molecule has 0 spiro atoms. The van der Waals surface area contributed by atoms with Gasteiger partial charge in [0.2, 0.25) is 0 Å². The van der Waals surface area contributed by atoms with Crippen LogP contribution < -0.4 is 4.72 Å². The fraction of sp³-hybridized carbons (Fsp3) is 1.00. The molecule has 1 fully saturated rings. The molecule has 0 bridgehead atoms. The van der Waals surface area contributed by atoms with E-state index >= 15 is 0 Å². The summed E-state index contributed by atoms with van der Waals surface area (Å²) in [5.74, 6) is 0.520. The van der Waals surface area contributed by atoms with Crippen LogP contribution in [0, 0.1) is 5.92 Å². The zero-order valence-corrected chi connectivity index (χ0v) is 6.32. The summed E-state index contributed by atoms with van der Waals surface area (Å²) in [7, 11) is 1.80. The van der Waals surface area contributed by atoms with E-state index in [4.69, 9.17) is 5.48 Å². The monoisotopic (exact) mass is 149 g/mol. The van der Waals surface area contributed by atoms with Gasteiger partial charge in [-0.1, -0.05) is 24.7 Å². The van der Waals surface area contributed by atoms with Gasteiger partial charge in [-0.05, 0) is 25.8 Å². The predicted octanol–water partition coefficient (Wildman–Crippen LogP) is 2.04. The molecule has 1 N–H and O–H groups in total. The minimum absolute atomic E-state index is 0.137. The molecule has 1 aliphatic carbocycles. The van der Waals surface area contributed by atoms with E-state index in [0.717, 1.165) is 0 Å². The summed E-state index contributed by atoms with van der Waals surface area (Å²) in [5.41, 5.74) is 0. The van der Waals surface area contributed by atoms with E-state index in [2.05, 4.69) is 4.72 Å². The largest absolute Gasteiger partial charge is 0.267 e. The second kappa shape index (κ2) is 4.18. The van der Waals surface area contributed by atoms with Crippen LogP contribution in [0.3, 0.4) is 0 Å². The van der Waals surface area contributed by atoms with Crippen molar-refractivity contribution in [2.45, 2.75) is 25.6 Å². The van der Waals surface area contributed by atoms with Crippen molar-refractivity contribution in [3.63, 3.8) is 0 Å². The molecule has 1 nitrogen and oxygen atoms in total. The lowest BCUT2D eigenvalue weighted by Gasteiger charge is -2.05. The minimum atomic E-state index is -0.704. The van der Waals surface area contributed by atoms with Gasteiger partial charge in [-0.15, -0.1) is 0 Å². The summed E-state index contributed by atoms with van der Waals surface area (Å²) in [6, 6.07) is 0. The zero-order chi connectivity index (χ0) is 10.0. The molecule has 0 saturated heterocycles. The number of hydrogen-bond acceptors (Lipinski definition) is 2. The molecule has 4 atom stereocenters. The van der Waals surface area contributed by atoms with Gasteiger partial charge in [0.05, 0.1) is 0 Å². The molecule has 0 radical (unpaired) electrons. The van der Waals surface area contributed by atoms with Gasteiger partial charge < -0.3 is 0 Å². The topological polar surface area (TPSA) is 12.0 Å². The second-order valence-corrected chi connectivity index (χ2v) is 2.98. The maximum atomic E-state index is 7.67. The van der Waals surface area contributed by atoms with Crippen LogP contribution >= 0.6 is 11.9 Å². The molecule has 0 aliphatic heterocycles. The van der Waals surface area contributed by atoms with E-state index in [0.29, 0.717) is 5.75 Å². The summed E-state index contributed by atoms with van der Waals surface area (Å²) >= 11 is 1.46. The molecule has 9 heavy (non-hydrogen) atoms. The van der Waals surface area contributed by atoms with Gasteiger partial charge in [0, 0.05) is 11.2 Å². The molecule has 0 aromatic heterocycles. The summed E-state index contributed by atoms with van der Waals surface area (Å²) in [6.07, 6.45) is -2.54. The Bertz CT molecular complexity index is 157. The van der Waals surface area contributed by atoms with Gasteiger partial charge in [0.1, 0.15) is 0 Å². The van der Waals surface area contributed by atoms with Crippen LogP contribution in [0.4, 0.5) is 0 Å². The summed E-state index contributed by atoms with van der Waals surface area (Å²) in [6.45, 7) is 0. The first-order valence-corrected chi connectivity index (χ1v) is 4.05. The summed E-state index contributed by atoms with van der Waals surface area (Å²) < 4.78 is 33.3. The molecule has 1 rings (SSSR count). The van der Waals surface area contributed by atoms with Crippen molar-refractivity contribution in [3.05, 3.63) is 0 Å². The van der Waals surface area contributed by atoms with Crippen molar-refractivity contribution in [1.29, 1.82) is 0 Å². The lowest BCUT2D eigenvalue weighted by atomic mass is 10.1. The first-order chi connectivity index (χ1) is 6.09. The molecular formula is C7H15NS. The Kier molecular flexibility index (Phi) is 1.68. The van der Waals surface area contributed by atoms with Crippen molar-refractivity contribution in [1.82, 2.24) is 4.72 Å². The Hall–Kier alpha value is 0.310. The molecule has 1 saturated carbocycles. The fourth-order valence-electron chi connectivity index (χ4n) is 0.769. The van der Waals surface area contributed by atoms with Crippen LogP contribution in [0.15, 0.2) is 0 Å². The maximum absolute atomic E-state index is 7.67. The van der Waals surface area contributed by atoms with E-state index in [1.165, 1.54) is 11.9 Å². The van der Waals surface area contributed by atoms with Gasteiger partial charge in [-0.25, -0.2) is 0 Å². The van der Waals surface area contributed by atoms with E-state index in [9.17, 15) is 0 Å². The molecule has 2 heteroatoms. The smallest absolute Gasteiger partial charge is 0.0270 e. The van der Waals surface area contributed by atoms with E-state index in [-0.39, 0.29) is 5.92 Å². The molecule has 1 aliphatic rings. The maximum Gasteiger partial charge on any atom is 0.0270 e. The highest BCUT2D eigenvalue weighted by Crippen LogP contribution is 2.26. The molecule has 0 aromatic rings. The predicted molar refractivity (Wildman–Crippen MR) is 43.5 cm³/mol. The van der Waals surface area contributed by atoms with Crippen molar-refractivity contribution < 1.29 is 5.48 Å². The van der Waals surface area contributed by atoms with Gasteiger partial charge in [0.25, 0.3) is 0 Å². The molecule has 4 unspecified atom stereocenters. The second-order valence-electron chi connectivity index (χ2n) is 1.95. The Morgan fingerprint density at radius 2 is 2.33 bits per heavy atom. The molecule has 54 valence electrons. The molecule has 0 amide bonds. The lowest BCUT2D eigenvalue weighted by molar-refractivity contribution is 0.622. The number of hydrogen-bond donors (Lipinski definition) is 1. The van der Waals surface area contributed by atoms with Crippen LogP contribution in [0.1, 0.15) is 31.1 Å². The van der Waals surface area contributed by atoms with Gasteiger partial charge in [-0.3, -0.25) is 4.72 Å². The van der Waals surface area contributed by atoms with E-state index in [1.54, 1.807) is 7.05 Å². The van der Waals surface area contributed by atoms with Gasteiger partial charge >= 0.3 is 0 Å². The van der Waals surface area contributed by atoms with Crippen LogP contribution in [-0.4, -0.2) is 12.8 Å². The van der Waals surface area contributed by atoms with E-state index < -0.39 is 25.6 Å². The van der Waals surface area contributed by atoms with Crippen LogP contribution in [0.25, 0.3) is 0 Å². The molecular weight excluding hydrogens is 130 g/mol. The normalized spacial score (nSPS) is 66.1. The third kappa shape index (κ3) is 2.59. The lowest BCUT2D eigenvalue weighted by Crippen LogP contribution is -2.02. The van der Waals surface area contributed by atoms with Gasteiger partial charge in [-0.2, -0.15) is 0 Å². The molecule has 0 heterocycles. The zero-order valence-electron chi connectivity index (χ0n) is 9.50. The highest BCUT2D eigenvalue weighted by molar-refractivity contribution is 7.97. The first-order valence-electron chi connectivity index (χ1n) is 5.38. The van der Waals surface area contributed by atoms with Crippen molar-refractivity contribution in [3.8, 4) is 0 Å². The van der Waals surface area contributed by atoms with Crippen molar-refractivity contribution in [2.24, 2.45) is 5.92 Å². The highest BCUT2D eigenvalue weighted by Gasteiger charge is 2.13. The third-order valence-corrected chi connectivity index (χ3v) is 2.09. The first kappa shape index (κ1) is 3.63. The summed E-state index contributed by atoms with van der Waals surface area (Å²) in [5, 5.41) is 0. The number of nitrogens with one attached hydrogen (secondary N) is 1. The minimum Gasteiger partial charge on any atom is -0.267 e. The average Bonchev–Trinajstić information content (AvgIpc) is 2.30. The summed E-state index contributed by atoms with van der Waals surface area (Å²) in [4.78, 5) is 0. The average molecular weight is 149 g/mol. The molecule has 0 aromatic carbocycles.